The summed E-state index contributed by atoms with van der Waals surface area (Å²) in [5.74, 6) is 0.348. The Bertz CT molecular complexity index is 368. The van der Waals surface area contributed by atoms with Gasteiger partial charge in [0.25, 0.3) is 0 Å². The Labute approximate surface area is 77.9 Å². The van der Waals surface area contributed by atoms with Crippen molar-refractivity contribution in [3.05, 3.63) is 34.9 Å². The third-order valence-corrected chi connectivity index (χ3v) is 2.77. The maximum atomic E-state index is 8.86. The van der Waals surface area contributed by atoms with Gasteiger partial charge in [0.2, 0.25) is 0 Å². The first-order valence-corrected chi connectivity index (χ1v) is 4.55. The Morgan fingerprint density at radius 3 is 2.92 bits per heavy atom. The highest BCUT2D eigenvalue weighted by atomic mass is 16.4. The minimum absolute atomic E-state index is 0.348. The fourth-order valence-corrected chi connectivity index (χ4v) is 2.03. The first-order chi connectivity index (χ1) is 6.24. The average Bonchev–Trinajstić information content (AvgIpc) is 2.43. The molecule has 1 unspecified atom stereocenters. The molecule has 2 rings (SSSR count). The van der Waals surface area contributed by atoms with Gasteiger partial charge in [-0.2, -0.15) is 0 Å². The molecule has 1 aromatic carbocycles. The van der Waals surface area contributed by atoms with Gasteiger partial charge in [-0.1, -0.05) is 30.3 Å². The fraction of sp³-hybridized carbons (Fsp3) is 0.364. The van der Waals surface area contributed by atoms with E-state index < -0.39 is 0 Å². The first-order valence-electron chi connectivity index (χ1n) is 4.55. The summed E-state index contributed by atoms with van der Waals surface area (Å²) >= 11 is 0. The zero-order chi connectivity index (χ0) is 9.42. The molecular weight excluding hydrogens is 162 g/mol. The fourth-order valence-electron chi connectivity index (χ4n) is 2.03. The van der Waals surface area contributed by atoms with Crippen LogP contribution in [0.2, 0.25) is 0 Å². The summed E-state index contributed by atoms with van der Waals surface area (Å²) in [5, 5.41) is 12.2. The molecule has 2 heteroatoms. The number of hydrogen-bond acceptors (Lipinski definition) is 2. The van der Waals surface area contributed by atoms with Crippen molar-refractivity contribution in [1.82, 2.24) is 0 Å². The normalized spacial score (nSPS) is 23.5. The Hall–Kier alpha value is -1.31. The third-order valence-electron chi connectivity index (χ3n) is 2.77. The van der Waals surface area contributed by atoms with Crippen molar-refractivity contribution in [1.29, 1.82) is 0 Å². The molecule has 0 bridgehead atoms. The molecular formula is C11H13NO. The van der Waals surface area contributed by atoms with Crippen LogP contribution >= 0.6 is 0 Å². The average molecular weight is 175 g/mol. The predicted molar refractivity (Wildman–Crippen MR) is 52.4 cm³/mol. The molecule has 0 saturated heterocycles. The van der Waals surface area contributed by atoms with Gasteiger partial charge in [0, 0.05) is 11.5 Å². The van der Waals surface area contributed by atoms with Crippen molar-refractivity contribution in [2.45, 2.75) is 20.3 Å². The lowest BCUT2D eigenvalue weighted by molar-refractivity contribution is 0.316. The van der Waals surface area contributed by atoms with Gasteiger partial charge < -0.3 is 5.21 Å². The molecule has 1 aliphatic carbocycles. The smallest absolute Gasteiger partial charge is 0.0902 e. The molecule has 0 spiro atoms. The molecule has 0 saturated carbocycles. The summed E-state index contributed by atoms with van der Waals surface area (Å²) in [5.41, 5.74) is 4.58. The monoisotopic (exact) mass is 175 g/mol. The highest BCUT2D eigenvalue weighted by Gasteiger charge is 2.26. The molecule has 0 heterocycles. The van der Waals surface area contributed by atoms with Crippen LogP contribution in [0.15, 0.2) is 23.4 Å². The molecule has 0 aromatic heterocycles. The lowest BCUT2D eigenvalue weighted by Gasteiger charge is -2.01. The van der Waals surface area contributed by atoms with Crippen LogP contribution in [0.25, 0.3) is 0 Å². The summed E-state index contributed by atoms with van der Waals surface area (Å²) < 4.78 is 0. The molecule has 0 fully saturated rings. The van der Waals surface area contributed by atoms with Crippen LogP contribution in [0, 0.1) is 12.8 Å². The van der Waals surface area contributed by atoms with E-state index >= 15 is 0 Å². The second kappa shape index (κ2) is 2.87. The van der Waals surface area contributed by atoms with E-state index in [9.17, 15) is 0 Å². The van der Waals surface area contributed by atoms with Crippen LogP contribution < -0.4 is 0 Å². The van der Waals surface area contributed by atoms with E-state index in [-0.39, 0.29) is 0 Å². The van der Waals surface area contributed by atoms with Gasteiger partial charge >= 0.3 is 0 Å². The molecule has 0 radical (unpaired) electrons. The van der Waals surface area contributed by atoms with E-state index in [0.29, 0.717) is 5.92 Å². The van der Waals surface area contributed by atoms with Gasteiger partial charge in [-0.15, -0.1) is 0 Å². The Balaban J connectivity index is 2.61. The summed E-state index contributed by atoms with van der Waals surface area (Å²) in [7, 11) is 0. The summed E-state index contributed by atoms with van der Waals surface area (Å²) in [6.07, 6.45) is 1.00. The second-order valence-corrected chi connectivity index (χ2v) is 3.69. The van der Waals surface area contributed by atoms with Crippen molar-refractivity contribution < 1.29 is 5.21 Å². The molecule has 0 amide bonds. The number of fused-ring (bicyclic) bond motifs is 1. The van der Waals surface area contributed by atoms with Crippen LogP contribution in [-0.4, -0.2) is 10.9 Å². The topological polar surface area (TPSA) is 32.6 Å². The number of oxime groups is 1. The maximum Gasteiger partial charge on any atom is 0.0902 e. The SMILES string of the molecule is Cc1cccc2c1CC(C)/C2=N\O. The van der Waals surface area contributed by atoms with Crippen molar-refractivity contribution in [2.24, 2.45) is 11.1 Å². The standard InChI is InChI=1S/C11H13NO/c1-7-4-3-5-9-10(7)6-8(2)11(9)12-13/h3-5,8,13H,6H2,1-2H3/b12-11+. The second-order valence-electron chi connectivity index (χ2n) is 3.69. The summed E-state index contributed by atoms with van der Waals surface area (Å²) in [4.78, 5) is 0. The Morgan fingerprint density at radius 1 is 1.46 bits per heavy atom. The molecule has 1 N–H and O–H groups in total. The lowest BCUT2D eigenvalue weighted by atomic mass is 10.0. The molecule has 0 aliphatic heterocycles. The summed E-state index contributed by atoms with van der Waals surface area (Å²) in [6, 6.07) is 6.14. The van der Waals surface area contributed by atoms with Gasteiger partial charge in [-0.05, 0) is 24.5 Å². The van der Waals surface area contributed by atoms with Gasteiger partial charge in [-0.3, -0.25) is 0 Å². The van der Waals surface area contributed by atoms with Gasteiger partial charge in [0.1, 0.15) is 0 Å². The van der Waals surface area contributed by atoms with Crippen LogP contribution in [0.4, 0.5) is 0 Å². The molecule has 1 atom stereocenters. The molecule has 1 aliphatic rings. The molecule has 1 aromatic rings. The van der Waals surface area contributed by atoms with Crippen molar-refractivity contribution in [3.8, 4) is 0 Å². The maximum absolute atomic E-state index is 8.86. The van der Waals surface area contributed by atoms with Crippen LogP contribution in [0.5, 0.6) is 0 Å². The Kier molecular flexibility index (Phi) is 1.83. The third kappa shape index (κ3) is 1.13. The quantitative estimate of drug-likeness (QED) is 0.476. The molecule has 68 valence electrons. The van der Waals surface area contributed by atoms with E-state index in [0.717, 1.165) is 17.7 Å². The minimum Gasteiger partial charge on any atom is -0.411 e. The minimum atomic E-state index is 0.348. The van der Waals surface area contributed by atoms with E-state index in [1.807, 2.05) is 12.1 Å². The van der Waals surface area contributed by atoms with E-state index in [1.165, 1.54) is 11.1 Å². The predicted octanol–water partition coefficient (Wildman–Crippen LogP) is 2.37. The molecule has 2 nitrogen and oxygen atoms in total. The number of hydrogen-bond donors (Lipinski definition) is 1. The highest BCUT2D eigenvalue weighted by molar-refractivity contribution is 6.05. The van der Waals surface area contributed by atoms with Crippen molar-refractivity contribution in [2.75, 3.05) is 0 Å². The van der Waals surface area contributed by atoms with Gasteiger partial charge in [0.15, 0.2) is 0 Å². The number of benzene rings is 1. The van der Waals surface area contributed by atoms with Gasteiger partial charge in [-0.25, -0.2) is 0 Å². The van der Waals surface area contributed by atoms with Crippen molar-refractivity contribution in [3.63, 3.8) is 0 Å². The van der Waals surface area contributed by atoms with Crippen LogP contribution in [0.1, 0.15) is 23.6 Å². The lowest BCUT2D eigenvalue weighted by Crippen LogP contribution is -2.05. The number of aryl methyl sites for hydroxylation is 1. The van der Waals surface area contributed by atoms with Crippen LogP contribution in [0.3, 0.4) is 0 Å². The van der Waals surface area contributed by atoms with E-state index in [1.54, 1.807) is 0 Å². The zero-order valence-corrected chi connectivity index (χ0v) is 7.91. The largest absolute Gasteiger partial charge is 0.411 e. The van der Waals surface area contributed by atoms with Crippen LogP contribution in [-0.2, 0) is 6.42 Å². The van der Waals surface area contributed by atoms with Gasteiger partial charge in [0.05, 0.1) is 5.71 Å². The number of rotatable bonds is 0. The number of nitrogens with zero attached hydrogens (tertiary/aromatic N) is 1. The summed E-state index contributed by atoms with van der Waals surface area (Å²) in [6.45, 7) is 4.19. The highest BCUT2D eigenvalue weighted by Crippen LogP contribution is 2.29. The Morgan fingerprint density at radius 2 is 2.23 bits per heavy atom. The molecule has 13 heavy (non-hydrogen) atoms. The zero-order valence-electron chi connectivity index (χ0n) is 7.91. The first kappa shape index (κ1) is 8.30. The van der Waals surface area contributed by atoms with E-state index in [4.69, 9.17) is 5.21 Å². The van der Waals surface area contributed by atoms with Crippen molar-refractivity contribution >= 4 is 5.71 Å². The van der Waals surface area contributed by atoms with E-state index in [2.05, 4.69) is 25.1 Å².